The van der Waals surface area contributed by atoms with Crippen molar-refractivity contribution in [3.63, 3.8) is 0 Å². The van der Waals surface area contributed by atoms with E-state index in [2.05, 4.69) is 12.0 Å². The molecule has 0 heterocycles. The van der Waals surface area contributed by atoms with Gasteiger partial charge in [0, 0.05) is 12.5 Å². The van der Waals surface area contributed by atoms with E-state index in [-0.39, 0.29) is 0 Å². The Morgan fingerprint density at radius 1 is 1.67 bits per heavy atom. The van der Waals surface area contributed by atoms with Gasteiger partial charge in [-0.25, -0.2) is 0 Å². The SMILES string of the molecule is C#CCCCC1=CC(N)CCC1. The van der Waals surface area contributed by atoms with Gasteiger partial charge in [0.15, 0.2) is 0 Å². The Balaban J connectivity index is 2.27. The van der Waals surface area contributed by atoms with Crippen LogP contribution in [0.4, 0.5) is 0 Å². The van der Waals surface area contributed by atoms with Gasteiger partial charge < -0.3 is 5.73 Å². The maximum atomic E-state index is 5.81. The fourth-order valence-electron chi connectivity index (χ4n) is 1.66. The monoisotopic (exact) mass is 163 g/mol. The first-order chi connectivity index (χ1) is 5.83. The van der Waals surface area contributed by atoms with Crippen molar-refractivity contribution in [3.05, 3.63) is 11.6 Å². The second-order valence-corrected chi connectivity index (χ2v) is 3.44. The molecule has 12 heavy (non-hydrogen) atoms. The van der Waals surface area contributed by atoms with E-state index in [9.17, 15) is 0 Å². The zero-order chi connectivity index (χ0) is 8.81. The third-order valence-corrected chi connectivity index (χ3v) is 2.30. The fraction of sp³-hybridized carbons (Fsp3) is 0.636. The van der Waals surface area contributed by atoms with Gasteiger partial charge in [-0.1, -0.05) is 11.6 Å². The molecular formula is C11H17N. The third-order valence-electron chi connectivity index (χ3n) is 2.30. The molecule has 2 N–H and O–H groups in total. The van der Waals surface area contributed by atoms with Gasteiger partial charge in [0.25, 0.3) is 0 Å². The van der Waals surface area contributed by atoms with Crippen LogP contribution in [-0.2, 0) is 0 Å². The first-order valence-corrected chi connectivity index (χ1v) is 4.71. The first-order valence-electron chi connectivity index (χ1n) is 4.71. The summed E-state index contributed by atoms with van der Waals surface area (Å²) < 4.78 is 0. The van der Waals surface area contributed by atoms with E-state index in [1.807, 2.05) is 0 Å². The van der Waals surface area contributed by atoms with Crippen LogP contribution in [0.25, 0.3) is 0 Å². The van der Waals surface area contributed by atoms with Crippen LogP contribution in [0, 0.1) is 12.3 Å². The predicted octanol–water partition coefficient (Wildman–Crippen LogP) is 2.23. The molecule has 0 aromatic rings. The summed E-state index contributed by atoms with van der Waals surface area (Å²) in [6.45, 7) is 0. The topological polar surface area (TPSA) is 26.0 Å². The molecular weight excluding hydrogens is 146 g/mol. The molecule has 0 aromatic carbocycles. The van der Waals surface area contributed by atoms with Gasteiger partial charge in [-0.05, 0) is 32.1 Å². The summed E-state index contributed by atoms with van der Waals surface area (Å²) in [7, 11) is 0. The van der Waals surface area contributed by atoms with Crippen LogP contribution in [0.2, 0.25) is 0 Å². The number of hydrogen-bond donors (Lipinski definition) is 1. The maximum Gasteiger partial charge on any atom is 0.0226 e. The van der Waals surface area contributed by atoms with Crippen molar-refractivity contribution in [3.8, 4) is 12.3 Å². The number of unbranched alkanes of at least 4 members (excludes halogenated alkanes) is 1. The van der Waals surface area contributed by atoms with Crippen LogP contribution in [-0.4, -0.2) is 6.04 Å². The molecule has 0 saturated carbocycles. The van der Waals surface area contributed by atoms with Crippen molar-refractivity contribution in [2.24, 2.45) is 5.73 Å². The van der Waals surface area contributed by atoms with Crippen LogP contribution in [0.5, 0.6) is 0 Å². The highest BCUT2D eigenvalue weighted by molar-refractivity contribution is 5.10. The fourth-order valence-corrected chi connectivity index (χ4v) is 1.66. The Kier molecular flexibility index (Phi) is 3.90. The quantitative estimate of drug-likeness (QED) is 0.385. The number of terminal acetylenes is 1. The van der Waals surface area contributed by atoms with Crippen molar-refractivity contribution < 1.29 is 0 Å². The third kappa shape index (κ3) is 3.11. The number of rotatable bonds is 3. The van der Waals surface area contributed by atoms with E-state index in [0.29, 0.717) is 6.04 Å². The van der Waals surface area contributed by atoms with Crippen LogP contribution in [0.1, 0.15) is 38.5 Å². The van der Waals surface area contributed by atoms with Gasteiger partial charge in [-0.2, -0.15) is 0 Å². The Labute approximate surface area is 75.0 Å². The van der Waals surface area contributed by atoms with E-state index in [1.54, 1.807) is 0 Å². The molecule has 0 aliphatic heterocycles. The molecule has 1 rings (SSSR count). The van der Waals surface area contributed by atoms with Crippen molar-refractivity contribution in [1.29, 1.82) is 0 Å². The molecule has 1 nitrogen and oxygen atoms in total. The molecule has 0 amide bonds. The lowest BCUT2D eigenvalue weighted by Crippen LogP contribution is -2.20. The van der Waals surface area contributed by atoms with Crippen LogP contribution < -0.4 is 5.73 Å². The van der Waals surface area contributed by atoms with Gasteiger partial charge in [-0.3, -0.25) is 0 Å². The van der Waals surface area contributed by atoms with Gasteiger partial charge in [0.2, 0.25) is 0 Å². The average Bonchev–Trinajstić information content (AvgIpc) is 2.05. The molecule has 0 aromatic heterocycles. The summed E-state index contributed by atoms with van der Waals surface area (Å²) in [6, 6.07) is 0.305. The molecule has 1 atom stereocenters. The van der Waals surface area contributed by atoms with Crippen LogP contribution in [0.3, 0.4) is 0 Å². The minimum atomic E-state index is 0.305. The summed E-state index contributed by atoms with van der Waals surface area (Å²) >= 11 is 0. The van der Waals surface area contributed by atoms with Crippen LogP contribution in [0.15, 0.2) is 11.6 Å². The van der Waals surface area contributed by atoms with Gasteiger partial charge in [-0.15, -0.1) is 12.3 Å². The predicted molar refractivity (Wildman–Crippen MR) is 52.6 cm³/mol. The normalized spacial score (nSPS) is 23.0. The van der Waals surface area contributed by atoms with E-state index in [0.717, 1.165) is 25.7 Å². The average molecular weight is 163 g/mol. The van der Waals surface area contributed by atoms with Gasteiger partial charge >= 0.3 is 0 Å². The molecule has 0 radical (unpaired) electrons. The minimum Gasteiger partial charge on any atom is -0.324 e. The molecule has 1 aliphatic rings. The number of allylic oxidation sites excluding steroid dienone is 1. The zero-order valence-electron chi connectivity index (χ0n) is 7.55. The number of nitrogens with two attached hydrogens (primary N) is 1. The first kappa shape index (κ1) is 9.35. The van der Waals surface area contributed by atoms with E-state index >= 15 is 0 Å². The van der Waals surface area contributed by atoms with E-state index in [4.69, 9.17) is 12.2 Å². The van der Waals surface area contributed by atoms with Crippen molar-refractivity contribution in [1.82, 2.24) is 0 Å². The highest BCUT2D eigenvalue weighted by Crippen LogP contribution is 2.21. The van der Waals surface area contributed by atoms with E-state index < -0.39 is 0 Å². The van der Waals surface area contributed by atoms with Crippen molar-refractivity contribution >= 4 is 0 Å². The Hall–Kier alpha value is -0.740. The largest absolute Gasteiger partial charge is 0.324 e. The molecule has 1 aliphatic carbocycles. The summed E-state index contributed by atoms with van der Waals surface area (Å²) in [5.74, 6) is 2.66. The van der Waals surface area contributed by atoms with Crippen molar-refractivity contribution in [2.45, 2.75) is 44.6 Å². The number of hydrogen-bond acceptors (Lipinski definition) is 1. The lowest BCUT2D eigenvalue weighted by molar-refractivity contribution is 0.604. The van der Waals surface area contributed by atoms with E-state index in [1.165, 1.54) is 18.4 Å². The highest BCUT2D eigenvalue weighted by atomic mass is 14.6. The lowest BCUT2D eigenvalue weighted by atomic mass is 9.93. The molecule has 0 spiro atoms. The highest BCUT2D eigenvalue weighted by Gasteiger charge is 2.08. The van der Waals surface area contributed by atoms with Gasteiger partial charge in [0.1, 0.15) is 0 Å². The smallest absolute Gasteiger partial charge is 0.0226 e. The summed E-state index contributed by atoms with van der Waals surface area (Å²) in [6.07, 6.45) is 14.2. The second kappa shape index (κ2) is 5.00. The maximum absolute atomic E-state index is 5.81. The molecule has 1 heteroatoms. The lowest BCUT2D eigenvalue weighted by Gasteiger charge is -2.17. The van der Waals surface area contributed by atoms with Crippen LogP contribution >= 0.6 is 0 Å². The second-order valence-electron chi connectivity index (χ2n) is 3.44. The Morgan fingerprint density at radius 3 is 3.17 bits per heavy atom. The summed E-state index contributed by atoms with van der Waals surface area (Å²) in [4.78, 5) is 0. The zero-order valence-corrected chi connectivity index (χ0v) is 7.55. The Morgan fingerprint density at radius 2 is 2.50 bits per heavy atom. The summed E-state index contributed by atoms with van der Waals surface area (Å²) in [5, 5.41) is 0. The standard InChI is InChI=1S/C11H17N/c1-2-3-4-6-10-7-5-8-11(12)9-10/h1,9,11H,3-8,12H2. The molecule has 66 valence electrons. The van der Waals surface area contributed by atoms with Gasteiger partial charge in [0.05, 0.1) is 0 Å². The minimum absolute atomic E-state index is 0.305. The molecule has 0 fully saturated rings. The molecule has 0 bridgehead atoms. The Bertz CT molecular complexity index is 198. The van der Waals surface area contributed by atoms with Crippen molar-refractivity contribution in [2.75, 3.05) is 0 Å². The molecule has 0 saturated heterocycles. The summed E-state index contributed by atoms with van der Waals surface area (Å²) in [5.41, 5.74) is 7.33. The molecule has 1 unspecified atom stereocenters.